The normalized spacial score (nSPS) is 14.7. The molecule has 2 heteroatoms. The summed E-state index contributed by atoms with van der Waals surface area (Å²) in [7, 11) is 0. The van der Waals surface area contributed by atoms with Crippen LogP contribution in [-0.4, -0.2) is 4.57 Å². The summed E-state index contributed by atoms with van der Waals surface area (Å²) < 4.78 is 3.91. The molecule has 0 aliphatic carbocycles. The number of hydrogen-bond donors (Lipinski definition) is 0. The summed E-state index contributed by atoms with van der Waals surface area (Å²) in [6.45, 7) is 5.75. The van der Waals surface area contributed by atoms with Crippen LogP contribution in [0.5, 0.6) is 0 Å². The van der Waals surface area contributed by atoms with Gasteiger partial charge in [-0.25, -0.2) is 0 Å². The highest BCUT2D eigenvalue weighted by Gasteiger charge is 2.19. The Morgan fingerprint density at radius 1 is 1.38 bits per heavy atom. The van der Waals surface area contributed by atoms with Crippen molar-refractivity contribution in [1.82, 2.24) is 4.57 Å². The van der Waals surface area contributed by atoms with E-state index in [0.29, 0.717) is 0 Å². The van der Waals surface area contributed by atoms with Crippen LogP contribution in [-0.2, 0) is 19.4 Å². The fraction of sp³-hybridized carbons (Fsp3) is 0.429. The van der Waals surface area contributed by atoms with Gasteiger partial charge in [0, 0.05) is 21.2 Å². The van der Waals surface area contributed by atoms with Gasteiger partial charge < -0.3 is 4.57 Å². The molecule has 0 unspecified atom stereocenters. The van der Waals surface area contributed by atoms with Gasteiger partial charge in [-0.2, -0.15) is 0 Å². The Labute approximate surface area is 110 Å². The summed E-state index contributed by atoms with van der Waals surface area (Å²) in [5.41, 5.74) is 6.11. The molecule has 3 rings (SSSR count). The van der Waals surface area contributed by atoms with Gasteiger partial charge in [-0.1, -0.05) is 6.92 Å². The van der Waals surface area contributed by atoms with Crippen molar-refractivity contribution in [2.75, 3.05) is 0 Å². The zero-order valence-corrected chi connectivity index (χ0v) is 12.0. The Morgan fingerprint density at radius 2 is 2.19 bits per heavy atom. The van der Waals surface area contributed by atoms with E-state index in [9.17, 15) is 0 Å². The maximum absolute atomic E-state index is 2.53. The summed E-state index contributed by atoms with van der Waals surface area (Å²) in [6, 6.07) is 4.71. The van der Waals surface area contributed by atoms with Crippen molar-refractivity contribution in [1.29, 1.82) is 0 Å². The first-order valence-electron chi connectivity index (χ1n) is 6.02. The third kappa shape index (κ3) is 1.35. The highest BCUT2D eigenvalue weighted by atomic mass is 127. The zero-order chi connectivity index (χ0) is 11.3. The Hall–Kier alpha value is -0.510. The lowest BCUT2D eigenvalue weighted by atomic mass is 10.0. The maximum atomic E-state index is 2.53. The average Bonchev–Trinajstić information content (AvgIpc) is 2.53. The van der Waals surface area contributed by atoms with Crippen LogP contribution in [0.2, 0.25) is 0 Å². The zero-order valence-electron chi connectivity index (χ0n) is 9.81. The molecule has 2 aromatic rings. The highest BCUT2D eigenvalue weighted by molar-refractivity contribution is 14.1. The minimum Gasteiger partial charge on any atom is -0.344 e. The average molecular weight is 325 g/mol. The van der Waals surface area contributed by atoms with Crippen molar-refractivity contribution in [2.24, 2.45) is 0 Å². The molecule has 1 aromatic heterocycles. The minimum absolute atomic E-state index is 1.15. The molecule has 16 heavy (non-hydrogen) atoms. The molecule has 0 N–H and O–H groups in total. The number of aromatic nitrogens is 1. The number of halogens is 1. The third-order valence-corrected chi connectivity index (χ3v) is 4.39. The van der Waals surface area contributed by atoms with Crippen molar-refractivity contribution in [3.8, 4) is 0 Å². The van der Waals surface area contributed by atoms with E-state index in [1.54, 1.807) is 11.1 Å². The van der Waals surface area contributed by atoms with E-state index in [4.69, 9.17) is 0 Å². The first-order chi connectivity index (χ1) is 7.72. The smallest absolute Gasteiger partial charge is 0.0518 e. The minimum atomic E-state index is 1.15. The van der Waals surface area contributed by atoms with E-state index in [-0.39, 0.29) is 0 Å². The number of hydrogen-bond acceptors (Lipinski definition) is 0. The summed E-state index contributed by atoms with van der Waals surface area (Å²) >= 11 is 2.45. The molecule has 1 aliphatic rings. The van der Waals surface area contributed by atoms with Crippen LogP contribution >= 0.6 is 22.6 Å². The number of nitrogens with zero attached hydrogens (tertiary/aromatic N) is 1. The fourth-order valence-corrected chi connectivity index (χ4v) is 3.76. The molecular formula is C14H16IN. The molecule has 1 aromatic carbocycles. The predicted molar refractivity (Wildman–Crippen MR) is 77.1 cm³/mol. The molecule has 1 aliphatic heterocycles. The van der Waals surface area contributed by atoms with Gasteiger partial charge in [0.15, 0.2) is 0 Å². The molecule has 0 amide bonds. The van der Waals surface area contributed by atoms with Crippen molar-refractivity contribution < 1.29 is 0 Å². The summed E-state index contributed by atoms with van der Waals surface area (Å²) in [5.74, 6) is 0. The number of benzene rings is 1. The second-order valence-electron chi connectivity index (χ2n) is 4.63. The Balaban J connectivity index is 2.48. The topological polar surface area (TPSA) is 4.93 Å². The molecule has 0 bridgehead atoms. The van der Waals surface area contributed by atoms with Gasteiger partial charge in [0.1, 0.15) is 0 Å². The van der Waals surface area contributed by atoms with Crippen molar-refractivity contribution in [2.45, 2.75) is 39.7 Å². The summed E-state index contributed by atoms with van der Waals surface area (Å²) in [4.78, 5) is 0. The van der Waals surface area contributed by atoms with Gasteiger partial charge >= 0.3 is 0 Å². The Morgan fingerprint density at radius 3 is 2.94 bits per heavy atom. The van der Waals surface area contributed by atoms with Gasteiger partial charge in [-0.15, -0.1) is 0 Å². The predicted octanol–water partition coefficient (Wildman–Crippen LogP) is 4.06. The van der Waals surface area contributed by atoms with E-state index < -0.39 is 0 Å². The third-order valence-electron chi connectivity index (χ3n) is 3.77. The van der Waals surface area contributed by atoms with E-state index in [1.807, 2.05) is 0 Å². The van der Waals surface area contributed by atoms with Crippen LogP contribution in [0, 0.1) is 10.5 Å². The van der Waals surface area contributed by atoms with E-state index in [1.165, 1.54) is 39.6 Å². The second-order valence-corrected chi connectivity index (χ2v) is 5.88. The van der Waals surface area contributed by atoms with Crippen LogP contribution < -0.4 is 0 Å². The number of rotatable bonds is 1. The SMILES string of the molecule is CCc1c(C)n2c3c(cc(I)cc13)CCC2. The van der Waals surface area contributed by atoms with Gasteiger partial charge in [-0.3, -0.25) is 0 Å². The van der Waals surface area contributed by atoms with Crippen LogP contribution in [0.25, 0.3) is 10.9 Å². The molecule has 0 atom stereocenters. The van der Waals surface area contributed by atoms with Gasteiger partial charge in [0.2, 0.25) is 0 Å². The molecular weight excluding hydrogens is 309 g/mol. The second kappa shape index (κ2) is 3.76. The quantitative estimate of drug-likeness (QED) is 0.697. The van der Waals surface area contributed by atoms with Crippen LogP contribution in [0.1, 0.15) is 30.2 Å². The largest absolute Gasteiger partial charge is 0.344 e. The molecule has 0 fully saturated rings. The summed E-state index contributed by atoms with van der Waals surface area (Å²) in [5, 5.41) is 1.50. The molecule has 2 heterocycles. The Bertz CT molecular complexity index is 566. The standard InChI is InChI=1S/C14H16IN/c1-3-12-9(2)16-6-4-5-10-7-11(15)8-13(12)14(10)16/h7-8H,3-6H2,1-2H3. The van der Waals surface area contributed by atoms with Gasteiger partial charge in [0.25, 0.3) is 0 Å². The first-order valence-corrected chi connectivity index (χ1v) is 7.10. The Kier molecular flexibility index (Phi) is 2.50. The van der Waals surface area contributed by atoms with Crippen LogP contribution in [0.15, 0.2) is 12.1 Å². The molecule has 0 spiro atoms. The van der Waals surface area contributed by atoms with Crippen molar-refractivity contribution >= 4 is 33.5 Å². The highest BCUT2D eigenvalue weighted by Crippen LogP contribution is 2.34. The monoisotopic (exact) mass is 325 g/mol. The lowest BCUT2D eigenvalue weighted by molar-refractivity contribution is 0.621. The van der Waals surface area contributed by atoms with E-state index >= 15 is 0 Å². The van der Waals surface area contributed by atoms with E-state index in [0.717, 1.165) is 6.42 Å². The molecule has 84 valence electrons. The number of aryl methyl sites for hydroxylation is 3. The molecule has 0 saturated heterocycles. The van der Waals surface area contributed by atoms with E-state index in [2.05, 4.69) is 53.1 Å². The lowest BCUT2D eigenvalue weighted by Crippen LogP contribution is -2.08. The molecule has 0 radical (unpaired) electrons. The van der Waals surface area contributed by atoms with Crippen molar-refractivity contribution in [3.63, 3.8) is 0 Å². The van der Waals surface area contributed by atoms with Crippen LogP contribution in [0.4, 0.5) is 0 Å². The molecule has 1 nitrogen and oxygen atoms in total. The first kappa shape index (κ1) is 10.6. The summed E-state index contributed by atoms with van der Waals surface area (Å²) in [6.07, 6.45) is 3.69. The fourth-order valence-electron chi connectivity index (χ4n) is 3.07. The lowest BCUT2D eigenvalue weighted by Gasteiger charge is -2.17. The molecule has 0 saturated carbocycles. The maximum Gasteiger partial charge on any atom is 0.0518 e. The van der Waals surface area contributed by atoms with Gasteiger partial charge in [-0.05, 0) is 72.0 Å². The van der Waals surface area contributed by atoms with Crippen molar-refractivity contribution in [3.05, 3.63) is 32.5 Å². The van der Waals surface area contributed by atoms with Crippen LogP contribution in [0.3, 0.4) is 0 Å². The van der Waals surface area contributed by atoms with Gasteiger partial charge in [0.05, 0.1) is 5.52 Å².